The Morgan fingerprint density at radius 3 is 2.75 bits per heavy atom. The van der Waals surface area contributed by atoms with E-state index in [0.29, 0.717) is 12.4 Å². The van der Waals surface area contributed by atoms with Crippen molar-refractivity contribution >= 4 is 0 Å². The number of benzene rings is 1. The van der Waals surface area contributed by atoms with Crippen LogP contribution in [0.25, 0.3) is 0 Å². The van der Waals surface area contributed by atoms with Gasteiger partial charge in [-0.3, -0.25) is 4.90 Å². The molecule has 1 unspecified atom stereocenters. The number of rotatable bonds is 4. The van der Waals surface area contributed by atoms with Crippen molar-refractivity contribution in [2.24, 2.45) is 0 Å². The first-order valence-electron chi connectivity index (χ1n) is 7.20. The van der Waals surface area contributed by atoms with Gasteiger partial charge in [-0.25, -0.2) is 0 Å². The van der Waals surface area contributed by atoms with Gasteiger partial charge >= 0.3 is 0 Å². The SMILES string of the molecule is CCN(CC)C1(C#N)CCCOc2c(OC)cccc21. The van der Waals surface area contributed by atoms with E-state index < -0.39 is 5.54 Å². The Balaban J connectivity index is 2.64. The fourth-order valence-electron chi connectivity index (χ4n) is 3.07. The van der Waals surface area contributed by atoms with E-state index in [2.05, 4.69) is 24.8 Å². The van der Waals surface area contributed by atoms with Crippen LogP contribution in [0, 0.1) is 11.3 Å². The molecule has 1 heterocycles. The molecule has 1 atom stereocenters. The highest BCUT2D eigenvalue weighted by Crippen LogP contribution is 2.44. The summed E-state index contributed by atoms with van der Waals surface area (Å²) in [5, 5.41) is 9.92. The van der Waals surface area contributed by atoms with Crippen LogP contribution in [0.5, 0.6) is 11.5 Å². The lowest BCUT2D eigenvalue weighted by molar-refractivity contribution is 0.141. The van der Waals surface area contributed by atoms with Crippen molar-refractivity contribution in [1.82, 2.24) is 4.90 Å². The predicted molar refractivity (Wildman–Crippen MR) is 77.9 cm³/mol. The van der Waals surface area contributed by atoms with Gasteiger partial charge in [-0.15, -0.1) is 0 Å². The molecule has 1 aliphatic heterocycles. The molecule has 0 N–H and O–H groups in total. The van der Waals surface area contributed by atoms with Crippen molar-refractivity contribution in [3.05, 3.63) is 23.8 Å². The van der Waals surface area contributed by atoms with Crippen LogP contribution < -0.4 is 9.47 Å². The van der Waals surface area contributed by atoms with Gasteiger partial charge in [0.25, 0.3) is 0 Å². The topological polar surface area (TPSA) is 45.5 Å². The molecule has 4 nitrogen and oxygen atoms in total. The van der Waals surface area contributed by atoms with Gasteiger partial charge < -0.3 is 9.47 Å². The lowest BCUT2D eigenvalue weighted by Gasteiger charge is -2.37. The number of hydrogen-bond acceptors (Lipinski definition) is 4. The van der Waals surface area contributed by atoms with Gasteiger partial charge in [-0.1, -0.05) is 26.0 Å². The highest BCUT2D eigenvalue weighted by Gasteiger charge is 2.41. The standard InChI is InChI=1S/C16H22N2O2/c1-4-18(5-2)16(12-17)10-7-11-20-15-13(16)8-6-9-14(15)19-3/h6,8-9H,4-5,7,10-11H2,1-3H3. The first-order valence-corrected chi connectivity index (χ1v) is 7.20. The molecule has 0 bridgehead atoms. The molecule has 1 aliphatic rings. The second-order valence-corrected chi connectivity index (χ2v) is 4.93. The molecule has 0 radical (unpaired) electrons. The van der Waals surface area contributed by atoms with E-state index >= 15 is 0 Å². The van der Waals surface area contributed by atoms with Gasteiger partial charge in [0.1, 0.15) is 5.54 Å². The number of hydrogen-bond donors (Lipinski definition) is 0. The van der Waals surface area contributed by atoms with E-state index in [-0.39, 0.29) is 0 Å². The molecule has 1 aromatic carbocycles. The fraction of sp³-hybridized carbons (Fsp3) is 0.562. The summed E-state index contributed by atoms with van der Waals surface area (Å²) in [5.41, 5.74) is 0.310. The highest BCUT2D eigenvalue weighted by molar-refractivity contribution is 5.52. The number of nitrogens with zero attached hydrogens (tertiary/aromatic N) is 2. The predicted octanol–water partition coefficient (Wildman–Crippen LogP) is 2.93. The zero-order valence-electron chi connectivity index (χ0n) is 12.5. The van der Waals surface area contributed by atoms with Crippen molar-refractivity contribution in [1.29, 1.82) is 5.26 Å². The van der Waals surface area contributed by atoms with Crippen LogP contribution >= 0.6 is 0 Å². The summed E-state index contributed by atoms with van der Waals surface area (Å²) in [5.74, 6) is 1.43. The van der Waals surface area contributed by atoms with Crippen LogP contribution in [-0.4, -0.2) is 31.7 Å². The third-order valence-electron chi connectivity index (χ3n) is 4.06. The Bertz CT molecular complexity index is 506. The first kappa shape index (κ1) is 14.7. The lowest BCUT2D eigenvalue weighted by atomic mass is 9.84. The monoisotopic (exact) mass is 274 g/mol. The van der Waals surface area contributed by atoms with E-state index in [1.807, 2.05) is 18.2 Å². The molecule has 1 aromatic rings. The van der Waals surface area contributed by atoms with Crippen molar-refractivity contribution in [3.63, 3.8) is 0 Å². The minimum atomic E-state index is -0.621. The largest absolute Gasteiger partial charge is 0.493 e. The second-order valence-electron chi connectivity index (χ2n) is 4.93. The average Bonchev–Trinajstić information content (AvgIpc) is 2.69. The van der Waals surface area contributed by atoms with Crippen molar-refractivity contribution in [2.75, 3.05) is 26.8 Å². The van der Waals surface area contributed by atoms with Crippen LogP contribution in [0.3, 0.4) is 0 Å². The Hall–Kier alpha value is -1.73. The molecule has 0 saturated carbocycles. The Kier molecular flexibility index (Phi) is 4.51. The van der Waals surface area contributed by atoms with Crippen LogP contribution in [0.2, 0.25) is 0 Å². The highest BCUT2D eigenvalue weighted by atomic mass is 16.5. The van der Waals surface area contributed by atoms with E-state index in [1.54, 1.807) is 7.11 Å². The summed E-state index contributed by atoms with van der Waals surface area (Å²) in [6.07, 6.45) is 1.65. The molecule has 108 valence electrons. The Labute approximate surface area is 120 Å². The van der Waals surface area contributed by atoms with E-state index in [9.17, 15) is 5.26 Å². The summed E-state index contributed by atoms with van der Waals surface area (Å²) in [6.45, 7) is 6.47. The maximum absolute atomic E-state index is 9.92. The number of para-hydroxylation sites is 1. The van der Waals surface area contributed by atoms with Gasteiger partial charge in [-0.05, 0) is 32.0 Å². The van der Waals surface area contributed by atoms with Gasteiger partial charge in [0, 0.05) is 5.56 Å². The number of ether oxygens (including phenoxy) is 2. The summed E-state index contributed by atoms with van der Waals surface area (Å²) in [7, 11) is 1.63. The third-order valence-corrected chi connectivity index (χ3v) is 4.06. The maximum Gasteiger partial charge on any atom is 0.167 e. The molecule has 0 saturated heterocycles. The lowest BCUT2D eigenvalue weighted by Crippen LogP contribution is -2.44. The number of fused-ring (bicyclic) bond motifs is 1. The molecule has 0 aliphatic carbocycles. The zero-order chi connectivity index (χ0) is 14.6. The number of nitriles is 1. The Morgan fingerprint density at radius 1 is 1.40 bits per heavy atom. The van der Waals surface area contributed by atoms with Crippen LogP contribution in [0.15, 0.2) is 18.2 Å². The fourth-order valence-corrected chi connectivity index (χ4v) is 3.07. The Morgan fingerprint density at radius 2 is 2.15 bits per heavy atom. The first-order chi connectivity index (χ1) is 9.73. The molecule has 0 aromatic heterocycles. The molecule has 2 rings (SSSR count). The van der Waals surface area contributed by atoms with Crippen molar-refractivity contribution < 1.29 is 9.47 Å². The maximum atomic E-state index is 9.92. The molecular formula is C16H22N2O2. The van der Waals surface area contributed by atoms with Gasteiger partial charge in [0.15, 0.2) is 11.5 Å². The van der Waals surface area contributed by atoms with E-state index in [0.717, 1.165) is 37.2 Å². The van der Waals surface area contributed by atoms with Crippen LogP contribution in [-0.2, 0) is 5.54 Å². The summed E-state index contributed by atoms with van der Waals surface area (Å²) >= 11 is 0. The van der Waals surface area contributed by atoms with Crippen molar-refractivity contribution in [3.8, 4) is 17.6 Å². The van der Waals surface area contributed by atoms with Crippen molar-refractivity contribution in [2.45, 2.75) is 32.2 Å². The van der Waals surface area contributed by atoms with E-state index in [4.69, 9.17) is 9.47 Å². The average molecular weight is 274 g/mol. The summed E-state index contributed by atoms with van der Waals surface area (Å²) in [4.78, 5) is 2.21. The van der Waals surface area contributed by atoms with Gasteiger partial charge in [-0.2, -0.15) is 5.26 Å². The molecule has 0 amide bonds. The van der Waals surface area contributed by atoms with Gasteiger partial charge in [0.05, 0.1) is 19.8 Å². The quantitative estimate of drug-likeness (QED) is 0.847. The third kappa shape index (κ3) is 2.23. The van der Waals surface area contributed by atoms with Gasteiger partial charge in [0.2, 0.25) is 0 Å². The molecule has 0 fully saturated rings. The second kappa shape index (κ2) is 6.15. The van der Waals surface area contributed by atoms with E-state index in [1.165, 1.54) is 0 Å². The molecule has 4 heteroatoms. The number of methoxy groups -OCH3 is 1. The van der Waals surface area contributed by atoms with Crippen LogP contribution in [0.4, 0.5) is 0 Å². The minimum absolute atomic E-state index is 0.621. The molecular weight excluding hydrogens is 252 g/mol. The summed E-state index contributed by atoms with van der Waals surface area (Å²) < 4.78 is 11.3. The summed E-state index contributed by atoms with van der Waals surface area (Å²) in [6, 6.07) is 8.36. The van der Waals surface area contributed by atoms with Crippen LogP contribution in [0.1, 0.15) is 32.3 Å². The zero-order valence-corrected chi connectivity index (χ0v) is 12.5. The normalized spacial score (nSPS) is 21.6. The minimum Gasteiger partial charge on any atom is -0.493 e. The molecule has 0 spiro atoms. The molecule has 20 heavy (non-hydrogen) atoms. The smallest absolute Gasteiger partial charge is 0.167 e.